The zero-order chi connectivity index (χ0) is 16.6. The molecule has 1 aliphatic carbocycles. The van der Waals surface area contributed by atoms with E-state index in [2.05, 4.69) is 10.3 Å². The molecule has 0 aliphatic heterocycles. The van der Waals surface area contributed by atoms with E-state index in [9.17, 15) is 13.2 Å². The number of aryl methyl sites for hydroxylation is 1. The van der Waals surface area contributed by atoms with Gasteiger partial charge in [-0.25, -0.2) is 18.5 Å². The number of carbonyl (C=O) groups is 1. The maximum absolute atomic E-state index is 11.8. The number of primary sulfonamides is 1. The fourth-order valence-corrected chi connectivity index (χ4v) is 3.70. The SMILES string of the molecule is Cc1nc(NC(=O)C2CC2)sc1Cc1ccc(S(N)(=O)=O)cc1. The van der Waals surface area contributed by atoms with Crippen molar-refractivity contribution in [3.63, 3.8) is 0 Å². The number of hydrogen-bond acceptors (Lipinski definition) is 5. The van der Waals surface area contributed by atoms with Gasteiger partial charge in [-0.3, -0.25) is 4.79 Å². The second kappa shape index (κ2) is 6.03. The zero-order valence-corrected chi connectivity index (χ0v) is 14.2. The molecule has 1 aromatic carbocycles. The number of nitrogens with one attached hydrogen (secondary N) is 1. The summed E-state index contributed by atoms with van der Waals surface area (Å²) in [6, 6.07) is 6.47. The summed E-state index contributed by atoms with van der Waals surface area (Å²) in [5.41, 5.74) is 1.83. The Bertz CT molecular complexity index is 837. The van der Waals surface area contributed by atoms with E-state index < -0.39 is 10.0 Å². The summed E-state index contributed by atoms with van der Waals surface area (Å²) in [6.45, 7) is 1.90. The molecule has 0 unspecified atom stereocenters. The molecule has 122 valence electrons. The summed E-state index contributed by atoms with van der Waals surface area (Å²) in [7, 11) is -3.67. The van der Waals surface area contributed by atoms with E-state index in [4.69, 9.17) is 5.14 Å². The van der Waals surface area contributed by atoms with Crippen LogP contribution in [-0.2, 0) is 21.2 Å². The Morgan fingerprint density at radius 2 is 2.00 bits per heavy atom. The van der Waals surface area contributed by atoms with Crippen LogP contribution in [0, 0.1) is 12.8 Å². The molecule has 0 bridgehead atoms. The predicted molar refractivity (Wildman–Crippen MR) is 88.8 cm³/mol. The number of sulfonamides is 1. The maximum atomic E-state index is 11.8. The molecular formula is C15H17N3O3S2. The van der Waals surface area contributed by atoms with Crippen molar-refractivity contribution in [1.29, 1.82) is 0 Å². The molecule has 0 spiro atoms. The van der Waals surface area contributed by atoms with Gasteiger partial charge in [0.1, 0.15) is 0 Å². The Hall–Kier alpha value is -1.77. The normalized spacial score (nSPS) is 14.7. The van der Waals surface area contributed by atoms with Gasteiger partial charge in [0.2, 0.25) is 15.9 Å². The van der Waals surface area contributed by atoms with Crippen LogP contribution in [0.25, 0.3) is 0 Å². The molecule has 0 radical (unpaired) electrons. The molecule has 3 N–H and O–H groups in total. The minimum Gasteiger partial charge on any atom is -0.302 e. The molecule has 8 heteroatoms. The van der Waals surface area contributed by atoms with Crippen LogP contribution in [0.3, 0.4) is 0 Å². The lowest BCUT2D eigenvalue weighted by Gasteiger charge is -2.02. The molecule has 1 fully saturated rings. The van der Waals surface area contributed by atoms with E-state index in [0.717, 1.165) is 29.0 Å². The van der Waals surface area contributed by atoms with E-state index in [-0.39, 0.29) is 16.7 Å². The molecule has 6 nitrogen and oxygen atoms in total. The molecule has 1 aromatic heterocycles. The Morgan fingerprint density at radius 1 is 1.35 bits per heavy atom. The first kappa shape index (κ1) is 16.1. The molecule has 1 heterocycles. The Balaban J connectivity index is 1.72. The third-order valence-corrected chi connectivity index (χ3v) is 5.69. The number of thiazole rings is 1. The Morgan fingerprint density at radius 3 is 2.57 bits per heavy atom. The average molecular weight is 351 g/mol. The van der Waals surface area contributed by atoms with Crippen LogP contribution in [-0.4, -0.2) is 19.3 Å². The number of benzene rings is 1. The monoisotopic (exact) mass is 351 g/mol. The lowest BCUT2D eigenvalue weighted by molar-refractivity contribution is -0.117. The summed E-state index contributed by atoms with van der Waals surface area (Å²) in [5.74, 6) is 0.191. The van der Waals surface area contributed by atoms with Crippen molar-refractivity contribution < 1.29 is 13.2 Å². The molecule has 0 atom stereocenters. The van der Waals surface area contributed by atoms with E-state index in [0.29, 0.717) is 11.6 Å². The van der Waals surface area contributed by atoms with E-state index in [1.807, 2.05) is 6.92 Å². The molecule has 1 amide bonds. The van der Waals surface area contributed by atoms with E-state index in [1.165, 1.54) is 23.5 Å². The molecule has 0 saturated heterocycles. The molecular weight excluding hydrogens is 334 g/mol. The highest BCUT2D eigenvalue weighted by Crippen LogP contribution is 2.32. The van der Waals surface area contributed by atoms with Crippen molar-refractivity contribution in [2.45, 2.75) is 31.1 Å². The second-order valence-corrected chi connectivity index (χ2v) is 8.30. The predicted octanol–water partition coefficient (Wildman–Crippen LogP) is 2.04. The molecule has 2 aromatic rings. The number of nitrogens with zero attached hydrogens (tertiary/aromatic N) is 1. The third kappa shape index (κ3) is 3.95. The van der Waals surface area contributed by atoms with Gasteiger partial charge in [-0.05, 0) is 37.5 Å². The number of nitrogens with two attached hydrogens (primary N) is 1. The van der Waals surface area contributed by atoms with Gasteiger partial charge in [-0.2, -0.15) is 0 Å². The zero-order valence-electron chi connectivity index (χ0n) is 12.6. The fourth-order valence-electron chi connectivity index (χ4n) is 2.18. The van der Waals surface area contributed by atoms with Gasteiger partial charge in [0.25, 0.3) is 0 Å². The van der Waals surface area contributed by atoms with Crippen LogP contribution in [0.15, 0.2) is 29.2 Å². The summed E-state index contributed by atoms with van der Waals surface area (Å²) in [4.78, 5) is 17.3. The molecule has 3 rings (SSSR count). The van der Waals surface area contributed by atoms with Crippen LogP contribution in [0.2, 0.25) is 0 Å². The minimum atomic E-state index is -3.67. The molecule has 1 saturated carbocycles. The smallest absolute Gasteiger partial charge is 0.238 e. The van der Waals surface area contributed by atoms with Crippen molar-refractivity contribution in [3.05, 3.63) is 40.4 Å². The third-order valence-electron chi connectivity index (χ3n) is 3.69. The first-order valence-corrected chi connectivity index (χ1v) is 9.58. The van der Waals surface area contributed by atoms with Crippen molar-refractivity contribution >= 4 is 32.4 Å². The van der Waals surface area contributed by atoms with Gasteiger partial charge in [0.05, 0.1) is 10.6 Å². The van der Waals surface area contributed by atoms with Gasteiger partial charge < -0.3 is 5.32 Å². The lowest BCUT2D eigenvalue weighted by Crippen LogP contribution is -2.12. The van der Waals surface area contributed by atoms with Crippen LogP contribution in [0.4, 0.5) is 5.13 Å². The topological polar surface area (TPSA) is 102 Å². The number of aromatic nitrogens is 1. The number of carbonyl (C=O) groups excluding carboxylic acids is 1. The fraction of sp³-hybridized carbons (Fsp3) is 0.333. The Kier molecular flexibility index (Phi) is 4.22. The summed E-state index contributed by atoms with van der Waals surface area (Å²) in [5, 5.41) is 8.56. The highest BCUT2D eigenvalue weighted by Gasteiger charge is 2.30. The second-order valence-electron chi connectivity index (χ2n) is 5.66. The van der Waals surface area contributed by atoms with Crippen molar-refractivity contribution in [2.75, 3.05) is 5.32 Å². The average Bonchev–Trinajstić information content (AvgIpc) is 3.26. The molecule has 1 aliphatic rings. The summed E-state index contributed by atoms with van der Waals surface area (Å²) in [6.07, 6.45) is 2.55. The number of anilines is 1. The molecule has 23 heavy (non-hydrogen) atoms. The van der Waals surface area contributed by atoms with Crippen LogP contribution >= 0.6 is 11.3 Å². The van der Waals surface area contributed by atoms with Gasteiger partial charge in [-0.1, -0.05) is 12.1 Å². The van der Waals surface area contributed by atoms with E-state index >= 15 is 0 Å². The van der Waals surface area contributed by atoms with Crippen LogP contribution in [0.1, 0.15) is 29.0 Å². The standard InChI is InChI=1S/C15H17N3O3S2/c1-9-13(22-15(17-9)18-14(19)11-4-5-11)8-10-2-6-12(7-3-10)23(16,20)21/h2-3,6-7,11H,4-5,8H2,1H3,(H2,16,20,21)(H,17,18,19). The quantitative estimate of drug-likeness (QED) is 0.860. The summed E-state index contributed by atoms with van der Waals surface area (Å²) >= 11 is 1.45. The van der Waals surface area contributed by atoms with E-state index in [1.54, 1.807) is 12.1 Å². The number of hydrogen-bond donors (Lipinski definition) is 2. The van der Waals surface area contributed by atoms with Crippen molar-refractivity contribution in [1.82, 2.24) is 4.98 Å². The van der Waals surface area contributed by atoms with Crippen molar-refractivity contribution in [3.8, 4) is 0 Å². The Labute approximate surface area is 138 Å². The van der Waals surface area contributed by atoms with Crippen LogP contribution < -0.4 is 10.5 Å². The number of amides is 1. The maximum Gasteiger partial charge on any atom is 0.238 e. The van der Waals surface area contributed by atoms with Gasteiger partial charge in [0.15, 0.2) is 5.13 Å². The number of rotatable bonds is 5. The van der Waals surface area contributed by atoms with Gasteiger partial charge in [-0.15, -0.1) is 11.3 Å². The lowest BCUT2D eigenvalue weighted by atomic mass is 10.1. The highest BCUT2D eigenvalue weighted by molar-refractivity contribution is 7.89. The largest absolute Gasteiger partial charge is 0.302 e. The van der Waals surface area contributed by atoms with Gasteiger partial charge in [0, 0.05) is 17.2 Å². The van der Waals surface area contributed by atoms with Crippen LogP contribution in [0.5, 0.6) is 0 Å². The van der Waals surface area contributed by atoms with Crippen molar-refractivity contribution in [2.24, 2.45) is 11.1 Å². The summed E-state index contributed by atoms with van der Waals surface area (Å²) < 4.78 is 22.5. The van der Waals surface area contributed by atoms with Gasteiger partial charge >= 0.3 is 0 Å². The highest BCUT2D eigenvalue weighted by atomic mass is 32.2. The first-order chi connectivity index (χ1) is 10.8. The minimum absolute atomic E-state index is 0.0443. The first-order valence-electron chi connectivity index (χ1n) is 7.22.